The number of nitrogens with zero attached hydrogens (tertiary/aromatic N) is 1. The van der Waals surface area contributed by atoms with E-state index in [0.29, 0.717) is 34.9 Å². The first-order chi connectivity index (χ1) is 11.6. The second kappa shape index (κ2) is 7.52. The number of ether oxygens (including phenoxy) is 2. The molecule has 1 aromatic carbocycles. The third-order valence-electron chi connectivity index (χ3n) is 3.96. The molecule has 0 aromatic heterocycles. The van der Waals surface area contributed by atoms with Crippen molar-refractivity contribution in [1.29, 1.82) is 0 Å². The Kier molecular flexibility index (Phi) is 5.40. The number of amides is 1. The first kappa shape index (κ1) is 17.2. The average Bonchev–Trinajstić information content (AvgIpc) is 2.85. The van der Waals surface area contributed by atoms with Crippen LogP contribution in [0.5, 0.6) is 11.5 Å². The van der Waals surface area contributed by atoms with E-state index in [1.54, 1.807) is 29.2 Å². The number of aromatic hydroxyl groups is 1. The minimum absolute atomic E-state index is 0.0677. The highest BCUT2D eigenvalue weighted by atomic mass is 32.2. The van der Waals surface area contributed by atoms with Gasteiger partial charge >= 0.3 is 0 Å². The molecule has 24 heavy (non-hydrogen) atoms. The van der Waals surface area contributed by atoms with Gasteiger partial charge in [-0.25, -0.2) is 4.90 Å². The first-order valence-electron chi connectivity index (χ1n) is 7.62. The van der Waals surface area contributed by atoms with Gasteiger partial charge in [0.1, 0.15) is 13.1 Å². The fraction of sp³-hybridized carbons (Fsp3) is 0.375. The third-order valence-corrected chi connectivity index (χ3v) is 5.33. The number of thioether (sulfide) groups is 1. The Labute approximate surface area is 150 Å². The maximum Gasteiger partial charge on any atom is 0.270 e. The van der Waals surface area contributed by atoms with Gasteiger partial charge in [-0.3, -0.25) is 4.79 Å². The van der Waals surface area contributed by atoms with Crippen LogP contribution in [0.3, 0.4) is 0 Å². The van der Waals surface area contributed by atoms with Crippen LogP contribution in [0.1, 0.15) is 5.56 Å². The highest BCUT2D eigenvalue weighted by Crippen LogP contribution is 2.33. The molecule has 6 nitrogen and oxygen atoms in total. The van der Waals surface area contributed by atoms with E-state index in [0.717, 1.165) is 18.7 Å². The van der Waals surface area contributed by atoms with Gasteiger partial charge in [0.15, 0.2) is 22.5 Å². The van der Waals surface area contributed by atoms with Gasteiger partial charge in [-0.1, -0.05) is 30.0 Å². The third kappa shape index (κ3) is 3.72. The van der Waals surface area contributed by atoms with E-state index in [2.05, 4.69) is 0 Å². The van der Waals surface area contributed by atoms with Crippen LogP contribution in [0.4, 0.5) is 0 Å². The van der Waals surface area contributed by atoms with E-state index in [1.165, 1.54) is 23.8 Å². The Balaban J connectivity index is 1.75. The molecule has 0 aliphatic carbocycles. The van der Waals surface area contributed by atoms with Crippen LogP contribution in [-0.4, -0.2) is 60.3 Å². The molecule has 1 aromatic rings. The molecule has 2 aliphatic rings. The van der Waals surface area contributed by atoms with Gasteiger partial charge in [0.2, 0.25) is 0 Å². The summed E-state index contributed by atoms with van der Waals surface area (Å²) < 4.78 is 11.0. The molecule has 2 heterocycles. The summed E-state index contributed by atoms with van der Waals surface area (Å²) in [5.41, 5.74) is 0.781. The van der Waals surface area contributed by atoms with Crippen molar-refractivity contribution >= 4 is 40.3 Å². The summed E-state index contributed by atoms with van der Waals surface area (Å²) in [6, 6.07) is 4.97. The summed E-state index contributed by atoms with van der Waals surface area (Å²) in [4.78, 5) is 16.2. The lowest BCUT2D eigenvalue weighted by Crippen LogP contribution is -3.15. The molecule has 0 radical (unpaired) electrons. The number of carbonyl (C=O) groups is 1. The van der Waals surface area contributed by atoms with Crippen LogP contribution in [0.25, 0.3) is 6.08 Å². The lowest BCUT2D eigenvalue weighted by atomic mass is 10.2. The van der Waals surface area contributed by atoms with Gasteiger partial charge in [-0.15, -0.1) is 0 Å². The largest absolute Gasteiger partial charge is 0.504 e. The molecule has 0 spiro atoms. The fourth-order valence-electron chi connectivity index (χ4n) is 2.61. The Bertz CT molecular complexity index is 687. The van der Waals surface area contributed by atoms with Gasteiger partial charge in [-0.2, -0.15) is 0 Å². The SMILES string of the molecule is COc1cc(C=C2SC(=S)N(C[NH+]3CCOCC3)C2=O)ccc1O. The first-order valence-corrected chi connectivity index (χ1v) is 8.84. The predicted molar refractivity (Wildman–Crippen MR) is 96.1 cm³/mol. The van der Waals surface area contributed by atoms with Crippen molar-refractivity contribution in [3.05, 3.63) is 28.7 Å². The zero-order valence-corrected chi connectivity index (χ0v) is 14.9. The minimum Gasteiger partial charge on any atom is -0.504 e. The quantitative estimate of drug-likeness (QED) is 0.596. The van der Waals surface area contributed by atoms with E-state index in [1.807, 2.05) is 0 Å². The average molecular weight is 367 g/mol. The number of carbonyl (C=O) groups excluding carboxylic acids is 1. The summed E-state index contributed by atoms with van der Waals surface area (Å²) in [6.07, 6.45) is 1.77. The molecule has 2 fully saturated rings. The normalized spacial score (nSPS) is 20.9. The van der Waals surface area contributed by atoms with E-state index in [9.17, 15) is 9.90 Å². The summed E-state index contributed by atoms with van der Waals surface area (Å²) in [5, 5.41) is 9.65. The van der Waals surface area contributed by atoms with Gasteiger partial charge < -0.3 is 19.5 Å². The Hall–Kier alpha value is -1.61. The molecule has 2 N–H and O–H groups in total. The lowest BCUT2D eigenvalue weighted by Gasteiger charge is -2.27. The van der Waals surface area contributed by atoms with Crippen LogP contribution >= 0.6 is 24.0 Å². The fourth-order valence-corrected chi connectivity index (χ4v) is 3.87. The maximum absolute atomic E-state index is 12.6. The molecular weight excluding hydrogens is 348 g/mol. The number of quaternary nitrogens is 1. The molecule has 0 saturated carbocycles. The van der Waals surface area contributed by atoms with Crippen molar-refractivity contribution in [2.24, 2.45) is 0 Å². The molecule has 0 bridgehead atoms. The summed E-state index contributed by atoms with van der Waals surface area (Å²) in [6.45, 7) is 3.77. The smallest absolute Gasteiger partial charge is 0.270 e. The lowest BCUT2D eigenvalue weighted by molar-refractivity contribution is -0.914. The van der Waals surface area contributed by atoms with E-state index >= 15 is 0 Å². The maximum atomic E-state index is 12.6. The number of morpholine rings is 1. The zero-order chi connectivity index (χ0) is 17.1. The number of thiocarbonyl (C=S) groups is 1. The molecule has 0 unspecified atom stereocenters. The minimum atomic E-state index is -0.0731. The van der Waals surface area contributed by atoms with E-state index < -0.39 is 0 Å². The molecule has 8 heteroatoms. The van der Waals surface area contributed by atoms with Crippen molar-refractivity contribution < 1.29 is 24.3 Å². The van der Waals surface area contributed by atoms with Crippen LogP contribution < -0.4 is 9.64 Å². The number of nitrogens with one attached hydrogen (secondary N) is 1. The number of phenols is 1. The summed E-state index contributed by atoms with van der Waals surface area (Å²) in [7, 11) is 1.49. The van der Waals surface area contributed by atoms with Crippen molar-refractivity contribution in [3.63, 3.8) is 0 Å². The molecule has 128 valence electrons. The summed E-state index contributed by atoms with van der Waals surface area (Å²) in [5.74, 6) is 0.367. The van der Waals surface area contributed by atoms with Gasteiger partial charge in [0, 0.05) is 0 Å². The van der Waals surface area contributed by atoms with Crippen molar-refractivity contribution in [2.45, 2.75) is 0 Å². The molecule has 2 aliphatic heterocycles. The van der Waals surface area contributed by atoms with Crippen LogP contribution in [0, 0.1) is 0 Å². The van der Waals surface area contributed by atoms with Crippen LogP contribution in [0.2, 0.25) is 0 Å². The predicted octanol–water partition coefficient (Wildman–Crippen LogP) is 0.475. The molecular formula is C16H19N2O4S2+. The van der Waals surface area contributed by atoms with Crippen LogP contribution in [0.15, 0.2) is 23.1 Å². The topological polar surface area (TPSA) is 63.4 Å². The van der Waals surface area contributed by atoms with Crippen molar-refractivity contribution in [3.8, 4) is 11.5 Å². The number of rotatable bonds is 4. The second-order valence-electron chi connectivity index (χ2n) is 5.56. The standard InChI is InChI=1S/C16H18N2O4S2/c1-21-13-8-11(2-3-12(13)19)9-14-15(20)18(16(23)24-14)10-17-4-6-22-7-5-17/h2-3,8-9,19H,4-7,10H2,1H3/p+1. The van der Waals surface area contributed by atoms with Gasteiger partial charge in [0.05, 0.1) is 25.2 Å². The second-order valence-corrected chi connectivity index (χ2v) is 7.24. The summed E-state index contributed by atoms with van der Waals surface area (Å²) >= 11 is 6.67. The molecule has 0 atom stereocenters. The van der Waals surface area contributed by atoms with Crippen molar-refractivity contribution in [2.75, 3.05) is 40.1 Å². The Morgan fingerprint density at radius 1 is 1.46 bits per heavy atom. The molecule has 1 amide bonds. The number of hydrogen-bond donors (Lipinski definition) is 2. The zero-order valence-electron chi connectivity index (χ0n) is 13.3. The molecule has 2 saturated heterocycles. The van der Waals surface area contributed by atoms with Gasteiger partial charge in [-0.05, 0) is 23.8 Å². The van der Waals surface area contributed by atoms with Crippen molar-refractivity contribution in [1.82, 2.24) is 4.90 Å². The van der Waals surface area contributed by atoms with Gasteiger partial charge in [0.25, 0.3) is 5.91 Å². The molecule has 3 rings (SSSR count). The Morgan fingerprint density at radius 3 is 2.92 bits per heavy atom. The highest BCUT2D eigenvalue weighted by molar-refractivity contribution is 8.26. The number of phenolic OH excluding ortho intramolecular Hbond substituents is 1. The highest BCUT2D eigenvalue weighted by Gasteiger charge is 2.35. The Morgan fingerprint density at radius 2 is 2.21 bits per heavy atom. The van der Waals surface area contributed by atoms with E-state index in [4.69, 9.17) is 21.7 Å². The monoisotopic (exact) mass is 367 g/mol. The number of methoxy groups -OCH3 is 1. The number of hydrogen-bond acceptors (Lipinski definition) is 6. The van der Waals surface area contributed by atoms with Crippen LogP contribution in [-0.2, 0) is 9.53 Å². The van der Waals surface area contributed by atoms with E-state index in [-0.39, 0.29) is 11.7 Å². The number of benzene rings is 1.